The number of benzene rings is 2. The Hall–Kier alpha value is -3.58. The Kier molecular flexibility index (Phi) is 4.95. The summed E-state index contributed by atoms with van der Waals surface area (Å²) in [6.45, 7) is 4.23. The first kappa shape index (κ1) is 19.4. The van der Waals surface area contributed by atoms with Crippen molar-refractivity contribution in [3.8, 4) is 22.4 Å². The molecule has 6 nitrogen and oxygen atoms in total. The van der Waals surface area contributed by atoms with Gasteiger partial charge in [-0.1, -0.05) is 23.8 Å². The number of halogens is 1. The number of aryl methyl sites for hydroxylation is 1. The van der Waals surface area contributed by atoms with Crippen molar-refractivity contribution in [2.45, 2.75) is 6.92 Å². The zero-order chi connectivity index (χ0) is 21.4. The first-order valence-corrected chi connectivity index (χ1v) is 10.2. The van der Waals surface area contributed by atoms with Crippen molar-refractivity contribution in [3.63, 3.8) is 0 Å². The fourth-order valence-corrected chi connectivity index (χ4v) is 3.87. The number of H-pyrrole nitrogens is 1. The zero-order valence-electron chi connectivity index (χ0n) is 17.1. The van der Waals surface area contributed by atoms with Gasteiger partial charge in [0.2, 0.25) is 0 Å². The number of hydrogen-bond donors (Lipinski definition) is 1. The molecule has 0 saturated carbocycles. The van der Waals surface area contributed by atoms with Gasteiger partial charge in [0.1, 0.15) is 5.82 Å². The maximum atomic E-state index is 14.5. The second-order valence-electron chi connectivity index (χ2n) is 7.66. The Morgan fingerprint density at radius 2 is 1.94 bits per heavy atom. The van der Waals surface area contributed by atoms with Crippen LogP contribution in [0.25, 0.3) is 33.4 Å². The van der Waals surface area contributed by atoms with Gasteiger partial charge in [-0.05, 0) is 42.8 Å². The summed E-state index contributed by atoms with van der Waals surface area (Å²) in [5, 5.41) is 7.89. The number of rotatable bonds is 3. The second kappa shape index (κ2) is 7.92. The number of nitrogens with zero attached hydrogens (tertiary/aromatic N) is 3. The Labute approximate surface area is 178 Å². The van der Waals surface area contributed by atoms with E-state index in [4.69, 9.17) is 4.74 Å². The molecule has 156 valence electrons. The smallest absolute Gasteiger partial charge is 0.254 e. The number of fused-ring (bicyclic) bond motifs is 1. The molecule has 1 amide bonds. The van der Waals surface area contributed by atoms with Crippen molar-refractivity contribution >= 4 is 16.9 Å². The van der Waals surface area contributed by atoms with Crippen molar-refractivity contribution in [1.29, 1.82) is 0 Å². The molecule has 1 aliphatic rings. The van der Waals surface area contributed by atoms with Crippen LogP contribution in [-0.2, 0) is 4.74 Å². The van der Waals surface area contributed by atoms with E-state index in [2.05, 4.69) is 15.2 Å². The predicted octanol–water partition coefficient (Wildman–Crippen LogP) is 4.21. The average molecular weight is 416 g/mol. The first-order chi connectivity index (χ1) is 15.1. The molecule has 4 aromatic rings. The predicted molar refractivity (Wildman–Crippen MR) is 116 cm³/mol. The van der Waals surface area contributed by atoms with E-state index in [0.29, 0.717) is 48.8 Å². The quantitative estimate of drug-likeness (QED) is 0.543. The molecular weight excluding hydrogens is 395 g/mol. The van der Waals surface area contributed by atoms with E-state index in [1.54, 1.807) is 23.2 Å². The van der Waals surface area contributed by atoms with E-state index in [1.165, 1.54) is 6.07 Å². The lowest BCUT2D eigenvalue weighted by atomic mass is 10.0. The molecule has 0 unspecified atom stereocenters. The van der Waals surface area contributed by atoms with E-state index in [9.17, 15) is 9.18 Å². The van der Waals surface area contributed by atoms with Crippen LogP contribution in [0.3, 0.4) is 0 Å². The molecule has 1 aliphatic heterocycles. The third-order valence-corrected chi connectivity index (χ3v) is 5.54. The molecule has 7 heteroatoms. The van der Waals surface area contributed by atoms with E-state index in [-0.39, 0.29) is 11.7 Å². The van der Waals surface area contributed by atoms with Gasteiger partial charge in [-0.2, -0.15) is 5.10 Å². The van der Waals surface area contributed by atoms with Gasteiger partial charge in [0, 0.05) is 41.4 Å². The van der Waals surface area contributed by atoms with Crippen molar-refractivity contribution in [3.05, 3.63) is 71.7 Å². The van der Waals surface area contributed by atoms with Gasteiger partial charge in [0.05, 0.1) is 18.9 Å². The Bertz CT molecular complexity index is 1280. The van der Waals surface area contributed by atoms with Crippen molar-refractivity contribution in [1.82, 2.24) is 20.1 Å². The monoisotopic (exact) mass is 416 g/mol. The van der Waals surface area contributed by atoms with Crippen LogP contribution >= 0.6 is 0 Å². The fraction of sp³-hybridized carbons (Fsp3) is 0.208. The summed E-state index contributed by atoms with van der Waals surface area (Å²) < 4.78 is 19.8. The van der Waals surface area contributed by atoms with E-state index in [0.717, 1.165) is 22.1 Å². The molecule has 0 atom stereocenters. The van der Waals surface area contributed by atoms with Gasteiger partial charge < -0.3 is 9.64 Å². The van der Waals surface area contributed by atoms with Gasteiger partial charge in [-0.25, -0.2) is 9.37 Å². The Morgan fingerprint density at radius 3 is 2.77 bits per heavy atom. The van der Waals surface area contributed by atoms with Crippen LogP contribution < -0.4 is 0 Å². The number of aromatic nitrogens is 3. The fourth-order valence-electron chi connectivity index (χ4n) is 3.87. The minimum Gasteiger partial charge on any atom is -0.378 e. The highest BCUT2D eigenvalue weighted by atomic mass is 19.1. The van der Waals surface area contributed by atoms with E-state index >= 15 is 0 Å². The van der Waals surface area contributed by atoms with Crippen LogP contribution in [0.5, 0.6) is 0 Å². The number of nitrogens with one attached hydrogen (secondary N) is 1. The lowest BCUT2D eigenvalue weighted by molar-refractivity contribution is 0.0303. The zero-order valence-corrected chi connectivity index (χ0v) is 17.1. The molecule has 0 radical (unpaired) electrons. The van der Waals surface area contributed by atoms with Crippen LogP contribution in [0.4, 0.5) is 4.39 Å². The third kappa shape index (κ3) is 3.68. The van der Waals surface area contributed by atoms with Gasteiger partial charge in [0.15, 0.2) is 5.65 Å². The third-order valence-electron chi connectivity index (χ3n) is 5.54. The van der Waals surface area contributed by atoms with Crippen molar-refractivity contribution < 1.29 is 13.9 Å². The number of aromatic amines is 1. The molecule has 1 saturated heterocycles. The molecule has 0 spiro atoms. The van der Waals surface area contributed by atoms with Crippen LogP contribution in [-0.4, -0.2) is 52.3 Å². The van der Waals surface area contributed by atoms with Crippen molar-refractivity contribution in [2.75, 3.05) is 26.3 Å². The van der Waals surface area contributed by atoms with Crippen molar-refractivity contribution in [2.24, 2.45) is 0 Å². The molecule has 2 aromatic heterocycles. The van der Waals surface area contributed by atoms with Crippen LogP contribution in [0.2, 0.25) is 0 Å². The minimum atomic E-state index is -0.320. The average Bonchev–Trinajstić information content (AvgIpc) is 3.24. The van der Waals surface area contributed by atoms with Crippen LogP contribution in [0.15, 0.2) is 54.7 Å². The lowest BCUT2D eigenvalue weighted by Crippen LogP contribution is -2.40. The summed E-state index contributed by atoms with van der Waals surface area (Å²) >= 11 is 0. The Balaban J connectivity index is 1.54. The van der Waals surface area contributed by atoms with Gasteiger partial charge in [-0.3, -0.25) is 9.89 Å². The molecule has 0 aliphatic carbocycles. The highest BCUT2D eigenvalue weighted by Crippen LogP contribution is 2.31. The number of carbonyl (C=O) groups excluding carboxylic acids is 1. The second-order valence-corrected chi connectivity index (χ2v) is 7.66. The SMILES string of the molecule is Cc1ccc(F)c(-c2[nH]nc3ncc(-c4cccc(C(=O)N5CCOCC5)c4)cc23)c1. The highest BCUT2D eigenvalue weighted by molar-refractivity contribution is 5.97. The number of carbonyl (C=O) groups is 1. The van der Waals surface area contributed by atoms with E-state index < -0.39 is 0 Å². The van der Waals surface area contributed by atoms with Crippen LogP contribution in [0, 0.1) is 12.7 Å². The number of amides is 1. The van der Waals surface area contributed by atoms with E-state index in [1.807, 2.05) is 37.3 Å². The van der Waals surface area contributed by atoms with Crippen LogP contribution in [0.1, 0.15) is 15.9 Å². The lowest BCUT2D eigenvalue weighted by Gasteiger charge is -2.27. The molecule has 2 aromatic carbocycles. The standard InChI is InChI=1S/C24H21FN4O2/c1-15-5-6-21(25)19(11-15)22-20-13-18(14-26-23(20)28-27-22)16-3-2-4-17(12-16)24(30)29-7-9-31-10-8-29/h2-6,11-14H,7-10H2,1H3,(H,26,27,28). The Morgan fingerprint density at radius 1 is 1.10 bits per heavy atom. The molecule has 1 fully saturated rings. The number of morpholine rings is 1. The number of hydrogen-bond acceptors (Lipinski definition) is 4. The maximum Gasteiger partial charge on any atom is 0.254 e. The number of ether oxygens (including phenoxy) is 1. The molecule has 3 heterocycles. The largest absolute Gasteiger partial charge is 0.378 e. The molecular formula is C24H21FN4O2. The molecule has 0 bridgehead atoms. The maximum absolute atomic E-state index is 14.5. The molecule has 31 heavy (non-hydrogen) atoms. The van der Waals surface area contributed by atoms with Gasteiger partial charge >= 0.3 is 0 Å². The minimum absolute atomic E-state index is 0.00924. The van der Waals surface area contributed by atoms with Gasteiger partial charge in [0.25, 0.3) is 5.91 Å². The normalized spacial score (nSPS) is 14.2. The summed E-state index contributed by atoms with van der Waals surface area (Å²) in [6, 6.07) is 14.4. The van der Waals surface area contributed by atoms with Gasteiger partial charge in [-0.15, -0.1) is 0 Å². The highest BCUT2D eigenvalue weighted by Gasteiger charge is 2.19. The summed E-state index contributed by atoms with van der Waals surface area (Å²) in [5.74, 6) is -0.329. The summed E-state index contributed by atoms with van der Waals surface area (Å²) in [6.07, 6.45) is 1.72. The number of pyridine rings is 1. The topological polar surface area (TPSA) is 71.1 Å². The summed E-state index contributed by atoms with van der Waals surface area (Å²) in [7, 11) is 0. The first-order valence-electron chi connectivity index (χ1n) is 10.2. The molecule has 5 rings (SSSR count). The summed E-state index contributed by atoms with van der Waals surface area (Å²) in [5.41, 5.74) is 4.84. The molecule has 1 N–H and O–H groups in total. The summed E-state index contributed by atoms with van der Waals surface area (Å²) in [4.78, 5) is 19.1.